The molecule has 2 atom stereocenters. The van der Waals surface area contributed by atoms with Gasteiger partial charge in [-0.2, -0.15) is 27.6 Å². The zero-order valence-corrected chi connectivity index (χ0v) is 14.6. The summed E-state index contributed by atoms with van der Waals surface area (Å²) >= 11 is 3.71. The largest absolute Gasteiger partial charge is 0.365 e. The molecular formula is C16H19N5S2. The van der Waals surface area contributed by atoms with Crippen LogP contribution in [0.15, 0.2) is 29.0 Å². The van der Waals surface area contributed by atoms with Crippen molar-refractivity contribution in [3.8, 4) is 11.4 Å². The van der Waals surface area contributed by atoms with Crippen molar-refractivity contribution in [3.63, 3.8) is 0 Å². The van der Waals surface area contributed by atoms with Crippen molar-refractivity contribution >= 4 is 34.6 Å². The fraction of sp³-hybridized carbons (Fsp3) is 0.438. The normalized spacial score (nSPS) is 21.1. The lowest BCUT2D eigenvalue weighted by Crippen LogP contribution is -2.27. The maximum Gasteiger partial charge on any atom is 0.186 e. The third-order valence-corrected chi connectivity index (χ3v) is 6.22. The molecule has 1 N–H and O–H groups in total. The minimum atomic E-state index is 0.506. The van der Waals surface area contributed by atoms with E-state index in [0.717, 1.165) is 22.9 Å². The summed E-state index contributed by atoms with van der Waals surface area (Å²) < 4.78 is 1.83. The second-order valence-electron chi connectivity index (χ2n) is 5.70. The predicted molar refractivity (Wildman–Crippen MR) is 97.3 cm³/mol. The quantitative estimate of drug-likeness (QED) is 0.759. The van der Waals surface area contributed by atoms with Gasteiger partial charge in [0.1, 0.15) is 5.82 Å². The first-order chi connectivity index (χ1) is 11.3. The lowest BCUT2D eigenvalue weighted by Gasteiger charge is -2.20. The lowest BCUT2D eigenvalue weighted by molar-refractivity contribution is 0.754. The van der Waals surface area contributed by atoms with Gasteiger partial charge in [-0.15, -0.1) is 15.3 Å². The topological polar surface area (TPSA) is 55.1 Å². The Morgan fingerprint density at radius 2 is 2.26 bits per heavy atom. The smallest absolute Gasteiger partial charge is 0.186 e. The standard InChI is InChI=1S/C16H19N5S2/c1-2-23-13-5-3-4-12(13)17-14-6-7-15-18-19-16(21(15)20-14)11-8-9-22-10-11/h6-10,12-13H,2-5H2,1H3,(H,17,20). The van der Waals surface area contributed by atoms with Crippen LogP contribution < -0.4 is 5.32 Å². The molecule has 23 heavy (non-hydrogen) atoms. The van der Waals surface area contributed by atoms with Crippen molar-refractivity contribution in [2.24, 2.45) is 0 Å². The third kappa shape index (κ3) is 2.95. The van der Waals surface area contributed by atoms with E-state index in [4.69, 9.17) is 5.10 Å². The van der Waals surface area contributed by atoms with Crippen molar-refractivity contribution in [2.45, 2.75) is 37.5 Å². The van der Waals surface area contributed by atoms with E-state index in [1.165, 1.54) is 25.0 Å². The Hall–Kier alpha value is -1.60. The van der Waals surface area contributed by atoms with Crippen molar-refractivity contribution in [1.82, 2.24) is 19.8 Å². The van der Waals surface area contributed by atoms with Crippen LogP contribution in [0, 0.1) is 0 Å². The highest BCUT2D eigenvalue weighted by Crippen LogP contribution is 2.32. The summed E-state index contributed by atoms with van der Waals surface area (Å²) in [4.78, 5) is 0. The summed E-state index contributed by atoms with van der Waals surface area (Å²) in [6, 6.07) is 6.54. The van der Waals surface area contributed by atoms with E-state index in [1.807, 2.05) is 28.1 Å². The molecular weight excluding hydrogens is 326 g/mol. The predicted octanol–water partition coefficient (Wildman–Crippen LogP) is 3.94. The third-order valence-electron chi connectivity index (χ3n) is 4.21. The van der Waals surface area contributed by atoms with Gasteiger partial charge in [0.2, 0.25) is 0 Å². The highest BCUT2D eigenvalue weighted by atomic mass is 32.2. The number of hydrogen-bond acceptors (Lipinski definition) is 6. The second-order valence-corrected chi connectivity index (χ2v) is 8.00. The minimum Gasteiger partial charge on any atom is -0.365 e. The van der Waals surface area contributed by atoms with Gasteiger partial charge in [0.15, 0.2) is 11.5 Å². The van der Waals surface area contributed by atoms with E-state index in [2.05, 4.69) is 39.6 Å². The molecule has 1 fully saturated rings. The minimum absolute atomic E-state index is 0.506. The molecule has 2 unspecified atom stereocenters. The SMILES string of the molecule is CCSC1CCCC1Nc1ccc2nnc(-c3ccsc3)n2n1. The Labute approximate surface area is 143 Å². The van der Waals surface area contributed by atoms with Crippen molar-refractivity contribution in [3.05, 3.63) is 29.0 Å². The number of fused-ring (bicyclic) bond motifs is 1. The fourth-order valence-electron chi connectivity index (χ4n) is 3.13. The molecule has 1 aliphatic carbocycles. The molecule has 0 aliphatic heterocycles. The van der Waals surface area contributed by atoms with Gasteiger partial charge in [0.25, 0.3) is 0 Å². The van der Waals surface area contributed by atoms with Gasteiger partial charge < -0.3 is 5.32 Å². The maximum atomic E-state index is 4.73. The van der Waals surface area contributed by atoms with Gasteiger partial charge in [0.05, 0.1) is 0 Å². The molecule has 0 saturated heterocycles. The highest BCUT2D eigenvalue weighted by molar-refractivity contribution is 7.99. The number of rotatable bonds is 5. The Morgan fingerprint density at radius 1 is 1.30 bits per heavy atom. The number of anilines is 1. The van der Waals surface area contributed by atoms with Gasteiger partial charge in [0, 0.05) is 22.2 Å². The molecule has 7 heteroatoms. The number of thioether (sulfide) groups is 1. The van der Waals surface area contributed by atoms with Crippen molar-refractivity contribution in [2.75, 3.05) is 11.1 Å². The first kappa shape index (κ1) is 15.0. The molecule has 5 nitrogen and oxygen atoms in total. The lowest BCUT2D eigenvalue weighted by atomic mass is 10.2. The van der Waals surface area contributed by atoms with Crippen LogP contribution in [0.3, 0.4) is 0 Å². The van der Waals surface area contributed by atoms with E-state index in [9.17, 15) is 0 Å². The van der Waals surface area contributed by atoms with Gasteiger partial charge in [-0.05, 0) is 42.2 Å². The van der Waals surface area contributed by atoms with Gasteiger partial charge >= 0.3 is 0 Å². The first-order valence-electron chi connectivity index (χ1n) is 7.98. The van der Waals surface area contributed by atoms with Crippen molar-refractivity contribution < 1.29 is 0 Å². The Kier molecular flexibility index (Phi) is 4.22. The van der Waals surface area contributed by atoms with Gasteiger partial charge in [-0.3, -0.25) is 0 Å². The zero-order chi connectivity index (χ0) is 15.6. The monoisotopic (exact) mass is 345 g/mol. The van der Waals surface area contributed by atoms with E-state index in [-0.39, 0.29) is 0 Å². The van der Waals surface area contributed by atoms with E-state index < -0.39 is 0 Å². The summed E-state index contributed by atoms with van der Waals surface area (Å²) in [5.41, 5.74) is 1.84. The van der Waals surface area contributed by atoms with E-state index in [0.29, 0.717) is 11.3 Å². The first-order valence-corrected chi connectivity index (χ1v) is 9.97. The van der Waals surface area contributed by atoms with Crippen LogP contribution >= 0.6 is 23.1 Å². The molecule has 4 rings (SSSR count). The van der Waals surface area contributed by atoms with Crippen LogP contribution in [0.4, 0.5) is 5.82 Å². The molecule has 0 bridgehead atoms. The van der Waals surface area contributed by atoms with Crippen LogP contribution in [-0.2, 0) is 0 Å². The van der Waals surface area contributed by atoms with Crippen LogP contribution in [0.25, 0.3) is 17.0 Å². The molecule has 1 saturated carbocycles. The molecule has 1 aliphatic rings. The Bertz CT molecular complexity index is 783. The van der Waals surface area contributed by atoms with Crippen LogP contribution in [0.5, 0.6) is 0 Å². The zero-order valence-electron chi connectivity index (χ0n) is 13.0. The molecule has 0 amide bonds. The van der Waals surface area contributed by atoms with Crippen LogP contribution in [-0.4, -0.2) is 36.9 Å². The maximum absolute atomic E-state index is 4.73. The number of thiophene rings is 1. The summed E-state index contributed by atoms with van der Waals surface area (Å²) in [6.07, 6.45) is 3.81. The molecule has 3 aromatic heterocycles. The summed E-state index contributed by atoms with van der Waals surface area (Å²) in [5.74, 6) is 2.88. The number of nitrogens with zero attached hydrogens (tertiary/aromatic N) is 4. The van der Waals surface area contributed by atoms with Gasteiger partial charge in [-0.1, -0.05) is 13.3 Å². The molecule has 0 aromatic carbocycles. The summed E-state index contributed by atoms with van der Waals surface area (Å²) in [6.45, 7) is 2.23. The summed E-state index contributed by atoms with van der Waals surface area (Å²) in [7, 11) is 0. The number of aromatic nitrogens is 4. The molecule has 0 spiro atoms. The number of nitrogens with one attached hydrogen (secondary N) is 1. The highest BCUT2D eigenvalue weighted by Gasteiger charge is 2.27. The average Bonchev–Trinajstić information content (AvgIpc) is 3.28. The average molecular weight is 345 g/mol. The number of hydrogen-bond donors (Lipinski definition) is 1. The van der Waals surface area contributed by atoms with Crippen LogP contribution in [0.1, 0.15) is 26.2 Å². The Morgan fingerprint density at radius 3 is 3.09 bits per heavy atom. The second kappa shape index (κ2) is 6.49. The fourth-order valence-corrected chi connectivity index (χ4v) is 4.96. The molecule has 120 valence electrons. The molecule has 3 aromatic rings. The van der Waals surface area contributed by atoms with E-state index in [1.54, 1.807) is 11.3 Å². The summed E-state index contributed by atoms with van der Waals surface area (Å²) in [5, 5.41) is 21.7. The van der Waals surface area contributed by atoms with E-state index >= 15 is 0 Å². The van der Waals surface area contributed by atoms with Crippen LogP contribution in [0.2, 0.25) is 0 Å². The van der Waals surface area contributed by atoms with Gasteiger partial charge in [-0.25, -0.2) is 0 Å². The van der Waals surface area contributed by atoms with Crippen molar-refractivity contribution in [1.29, 1.82) is 0 Å². The molecule has 3 heterocycles. The molecule has 0 radical (unpaired) electrons. The Balaban J connectivity index is 1.62.